The zero-order valence-electron chi connectivity index (χ0n) is 7.02. The van der Waals surface area contributed by atoms with Crippen LogP contribution in [0.15, 0.2) is 22.6 Å². The number of furan rings is 1. The maximum atomic E-state index is 5.54. The van der Waals surface area contributed by atoms with E-state index in [4.69, 9.17) is 4.42 Å². The van der Waals surface area contributed by atoms with Crippen LogP contribution in [0.5, 0.6) is 0 Å². The van der Waals surface area contributed by atoms with Crippen molar-refractivity contribution >= 4 is 33.6 Å². The first-order chi connectivity index (χ1) is 5.68. The van der Waals surface area contributed by atoms with Gasteiger partial charge in [-0.3, -0.25) is 0 Å². The van der Waals surface area contributed by atoms with Gasteiger partial charge in [0.1, 0.15) is 5.58 Å². The van der Waals surface area contributed by atoms with Gasteiger partial charge in [-0.25, -0.2) is 0 Å². The van der Waals surface area contributed by atoms with Crippen molar-refractivity contribution in [2.24, 2.45) is 0 Å². The highest BCUT2D eigenvalue weighted by Gasteiger charge is 2.06. The number of hydrogen-bond acceptors (Lipinski definition) is 1. The van der Waals surface area contributed by atoms with Crippen molar-refractivity contribution in [1.29, 1.82) is 0 Å². The highest BCUT2D eigenvalue weighted by Crippen LogP contribution is 2.26. The van der Waals surface area contributed by atoms with Crippen LogP contribution in [0.1, 0.15) is 11.1 Å². The number of hydrogen-bond donors (Lipinski definition) is 0. The van der Waals surface area contributed by atoms with E-state index in [1.165, 1.54) is 16.5 Å². The second-order valence-corrected chi connectivity index (χ2v) is 3.98. The summed E-state index contributed by atoms with van der Waals surface area (Å²) in [7, 11) is 0. The van der Waals surface area contributed by atoms with Crippen molar-refractivity contribution in [2.45, 2.75) is 13.8 Å². The van der Waals surface area contributed by atoms with E-state index in [0.29, 0.717) is 0 Å². The van der Waals surface area contributed by atoms with Crippen LogP contribution in [0.3, 0.4) is 0 Å². The van der Waals surface area contributed by atoms with E-state index in [0.717, 1.165) is 9.35 Å². The lowest BCUT2D eigenvalue weighted by atomic mass is 10.1. The number of halogens is 1. The number of benzene rings is 1. The van der Waals surface area contributed by atoms with Crippen molar-refractivity contribution in [1.82, 2.24) is 0 Å². The lowest BCUT2D eigenvalue weighted by Crippen LogP contribution is -1.72. The van der Waals surface area contributed by atoms with Gasteiger partial charge in [0.25, 0.3) is 0 Å². The molecule has 0 aliphatic carbocycles. The maximum Gasteiger partial charge on any atom is 0.167 e. The standard InChI is InChI=1S/C10H9IO/c1-6-3-4-9-8(5-6)7(2)10(11)12-9/h3-5H,1-2H3. The van der Waals surface area contributed by atoms with Crippen LogP contribution in [0, 0.1) is 17.6 Å². The molecule has 1 aromatic carbocycles. The molecule has 1 heterocycles. The van der Waals surface area contributed by atoms with E-state index < -0.39 is 0 Å². The molecule has 0 unspecified atom stereocenters. The number of aryl methyl sites for hydroxylation is 2. The van der Waals surface area contributed by atoms with Crippen molar-refractivity contribution in [3.63, 3.8) is 0 Å². The molecule has 0 saturated heterocycles. The predicted octanol–water partition coefficient (Wildman–Crippen LogP) is 3.65. The van der Waals surface area contributed by atoms with Gasteiger partial charge in [0.15, 0.2) is 3.77 Å². The van der Waals surface area contributed by atoms with Crippen LogP contribution in [0.25, 0.3) is 11.0 Å². The van der Waals surface area contributed by atoms with Gasteiger partial charge < -0.3 is 4.42 Å². The lowest BCUT2D eigenvalue weighted by molar-refractivity contribution is 0.580. The molecule has 2 rings (SSSR count). The third-order valence-corrected chi connectivity index (χ3v) is 3.06. The summed E-state index contributed by atoms with van der Waals surface area (Å²) in [4.78, 5) is 0. The first-order valence-corrected chi connectivity index (χ1v) is 4.91. The minimum Gasteiger partial charge on any atom is -0.450 e. The van der Waals surface area contributed by atoms with Gasteiger partial charge in [0, 0.05) is 10.9 Å². The summed E-state index contributed by atoms with van der Waals surface area (Å²) in [6.45, 7) is 4.19. The van der Waals surface area contributed by atoms with Gasteiger partial charge in [-0.15, -0.1) is 0 Å². The van der Waals surface area contributed by atoms with Crippen LogP contribution >= 0.6 is 22.6 Å². The zero-order chi connectivity index (χ0) is 8.72. The summed E-state index contributed by atoms with van der Waals surface area (Å²) in [5.41, 5.74) is 3.51. The number of rotatable bonds is 0. The van der Waals surface area contributed by atoms with Crippen LogP contribution in [-0.4, -0.2) is 0 Å². The fourth-order valence-electron chi connectivity index (χ4n) is 1.30. The normalized spacial score (nSPS) is 10.9. The molecular formula is C10H9IO. The van der Waals surface area contributed by atoms with E-state index in [-0.39, 0.29) is 0 Å². The first-order valence-electron chi connectivity index (χ1n) is 3.84. The Hall–Kier alpha value is -0.510. The Morgan fingerprint density at radius 3 is 2.75 bits per heavy atom. The largest absolute Gasteiger partial charge is 0.450 e. The summed E-state index contributed by atoms with van der Waals surface area (Å²) in [5.74, 6) is 0. The topological polar surface area (TPSA) is 13.1 Å². The molecule has 0 N–H and O–H groups in total. The SMILES string of the molecule is Cc1ccc2oc(I)c(C)c2c1. The second kappa shape index (κ2) is 2.76. The quantitative estimate of drug-likeness (QED) is 0.667. The van der Waals surface area contributed by atoms with Crippen LogP contribution in [0.2, 0.25) is 0 Å². The summed E-state index contributed by atoms with van der Waals surface area (Å²) < 4.78 is 6.53. The monoisotopic (exact) mass is 272 g/mol. The molecule has 0 spiro atoms. The van der Waals surface area contributed by atoms with Crippen molar-refractivity contribution in [3.05, 3.63) is 33.1 Å². The maximum absolute atomic E-state index is 5.54. The highest BCUT2D eigenvalue weighted by molar-refractivity contribution is 14.1. The second-order valence-electron chi connectivity index (χ2n) is 3.00. The molecule has 1 aromatic heterocycles. The van der Waals surface area contributed by atoms with Gasteiger partial charge in [0.2, 0.25) is 0 Å². The molecule has 0 amide bonds. The number of fused-ring (bicyclic) bond motifs is 1. The van der Waals surface area contributed by atoms with Gasteiger partial charge in [-0.2, -0.15) is 0 Å². The molecule has 0 saturated carbocycles. The van der Waals surface area contributed by atoms with Crippen molar-refractivity contribution in [2.75, 3.05) is 0 Å². The predicted molar refractivity (Wildman–Crippen MR) is 58.4 cm³/mol. The lowest BCUT2D eigenvalue weighted by Gasteiger charge is -1.91. The van der Waals surface area contributed by atoms with Crippen LogP contribution in [-0.2, 0) is 0 Å². The Morgan fingerprint density at radius 2 is 2.00 bits per heavy atom. The summed E-state index contributed by atoms with van der Waals surface area (Å²) in [5, 5.41) is 1.24. The Morgan fingerprint density at radius 1 is 1.25 bits per heavy atom. The molecule has 62 valence electrons. The molecule has 0 radical (unpaired) electrons. The summed E-state index contributed by atoms with van der Waals surface area (Å²) in [6, 6.07) is 6.26. The van der Waals surface area contributed by atoms with E-state index >= 15 is 0 Å². The van der Waals surface area contributed by atoms with Gasteiger partial charge >= 0.3 is 0 Å². The Kier molecular flexibility index (Phi) is 1.87. The molecular weight excluding hydrogens is 263 g/mol. The molecule has 0 aliphatic heterocycles. The van der Waals surface area contributed by atoms with Crippen molar-refractivity contribution < 1.29 is 4.42 Å². The van der Waals surface area contributed by atoms with Crippen molar-refractivity contribution in [3.8, 4) is 0 Å². The fourth-order valence-corrected chi connectivity index (χ4v) is 1.83. The summed E-state index contributed by atoms with van der Waals surface area (Å²) in [6.07, 6.45) is 0. The van der Waals surface area contributed by atoms with E-state index in [9.17, 15) is 0 Å². The van der Waals surface area contributed by atoms with E-state index in [1.54, 1.807) is 0 Å². The van der Waals surface area contributed by atoms with Crippen LogP contribution < -0.4 is 0 Å². The molecule has 0 fully saturated rings. The molecule has 1 nitrogen and oxygen atoms in total. The third-order valence-electron chi connectivity index (χ3n) is 2.03. The minimum absolute atomic E-state index is 0.988. The smallest absolute Gasteiger partial charge is 0.167 e. The minimum atomic E-state index is 0.988. The van der Waals surface area contributed by atoms with Gasteiger partial charge in [-0.1, -0.05) is 11.6 Å². The first kappa shape index (κ1) is 8.10. The van der Waals surface area contributed by atoms with E-state index in [2.05, 4.69) is 48.6 Å². The Bertz CT molecular complexity index is 429. The highest BCUT2D eigenvalue weighted by atomic mass is 127. The Balaban J connectivity index is 2.88. The zero-order valence-corrected chi connectivity index (χ0v) is 9.18. The molecule has 2 heteroatoms. The average molecular weight is 272 g/mol. The summed E-state index contributed by atoms with van der Waals surface area (Å²) >= 11 is 2.22. The molecule has 2 aromatic rings. The molecule has 0 atom stereocenters. The van der Waals surface area contributed by atoms with E-state index in [1.807, 2.05) is 6.07 Å². The average Bonchev–Trinajstić information content (AvgIpc) is 2.31. The Labute approximate surface area is 84.9 Å². The molecule has 0 bridgehead atoms. The molecule has 0 aliphatic rings. The molecule has 12 heavy (non-hydrogen) atoms. The fraction of sp³-hybridized carbons (Fsp3) is 0.200. The third kappa shape index (κ3) is 1.14. The van der Waals surface area contributed by atoms with Gasteiger partial charge in [0.05, 0.1) is 0 Å². The van der Waals surface area contributed by atoms with Gasteiger partial charge in [-0.05, 0) is 48.6 Å². The van der Waals surface area contributed by atoms with Crippen LogP contribution in [0.4, 0.5) is 0 Å².